The predicted molar refractivity (Wildman–Crippen MR) is 77.0 cm³/mol. The van der Waals surface area contributed by atoms with E-state index in [-0.39, 0.29) is 18.4 Å². The lowest BCUT2D eigenvalue weighted by Crippen LogP contribution is -2.44. The molecule has 0 radical (unpaired) electrons. The van der Waals surface area contributed by atoms with Crippen molar-refractivity contribution in [3.8, 4) is 0 Å². The van der Waals surface area contributed by atoms with Crippen LogP contribution in [-0.2, 0) is 9.59 Å². The van der Waals surface area contributed by atoms with Crippen molar-refractivity contribution in [1.29, 1.82) is 0 Å². The number of hydrogen-bond acceptors (Lipinski definition) is 3. The van der Waals surface area contributed by atoms with Gasteiger partial charge in [0.25, 0.3) is 0 Å². The van der Waals surface area contributed by atoms with Crippen molar-refractivity contribution in [2.24, 2.45) is 5.92 Å². The first-order valence-electron chi connectivity index (χ1n) is 5.91. The second kappa shape index (κ2) is 7.25. The Bertz CT molecular complexity index is 446. The van der Waals surface area contributed by atoms with E-state index in [9.17, 15) is 9.59 Å². The van der Waals surface area contributed by atoms with Crippen LogP contribution in [0.1, 0.15) is 13.8 Å². The Balaban J connectivity index is 2.47. The van der Waals surface area contributed by atoms with Gasteiger partial charge in [-0.15, -0.1) is 0 Å². The van der Waals surface area contributed by atoms with E-state index >= 15 is 0 Å². The highest BCUT2D eigenvalue weighted by molar-refractivity contribution is 9.10. The van der Waals surface area contributed by atoms with Gasteiger partial charge in [0.05, 0.1) is 6.54 Å². The summed E-state index contributed by atoms with van der Waals surface area (Å²) in [7, 11) is 0. The molecule has 6 heteroatoms. The molecule has 104 valence electrons. The molecule has 3 N–H and O–H groups in total. The van der Waals surface area contributed by atoms with Gasteiger partial charge in [-0.1, -0.05) is 29.8 Å². The van der Waals surface area contributed by atoms with Crippen LogP contribution in [0.4, 0.5) is 5.69 Å². The number of nitrogens with one attached hydrogen (secondary N) is 2. The van der Waals surface area contributed by atoms with Crippen molar-refractivity contribution in [1.82, 2.24) is 5.32 Å². The van der Waals surface area contributed by atoms with Crippen LogP contribution in [0.25, 0.3) is 0 Å². The molecule has 1 aromatic rings. The lowest BCUT2D eigenvalue weighted by atomic mass is 10.1. The van der Waals surface area contributed by atoms with Crippen LogP contribution in [0.3, 0.4) is 0 Å². The van der Waals surface area contributed by atoms with Gasteiger partial charge in [0, 0.05) is 10.2 Å². The van der Waals surface area contributed by atoms with Gasteiger partial charge in [0.1, 0.15) is 6.04 Å². The van der Waals surface area contributed by atoms with E-state index in [1.807, 2.05) is 12.1 Å². The molecule has 0 aliphatic heterocycles. The molecule has 5 nitrogen and oxygen atoms in total. The van der Waals surface area contributed by atoms with Crippen molar-refractivity contribution in [2.75, 3.05) is 11.9 Å². The summed E-state index contributed by atoms with van der Waals surface area (Å²) in [6.45, 7) is 3.54. The number of hydrogen-bond donors (Lipinski definition) is 3. The summed E-state index contributed by atoms with van der Waals surface area (Å²) < 4.78 is 0.925. The quantitative estimate of drug-likeness (QED) is 0.747. The van der Waals surface area contributed by atoms with E-state index in [1.54, 1.807) is 26.0 Å². The van der Waals surface area contributed by atoms with E-state index in [4.69, 9.17) is 5.11 Å². The van der Waals surface area contributed by atoms with Gasteiger partial charge in [-0.2, -0.15) is 0 Å². The van der Waals surface area contributed by atoms with Gasteiger partial charge in [-0.05, 0) is 30.2 Å². The van der Waals surface area contributed by atoms with Crippen molar-refractivity contribution >= 4 is 33.5 Å². The Kier molecular flexibility index (Phi) is 5.98. The number of halogens is 1. The Morgan fingerprint density at radius 2 is 1.84 bits per heavy atom. The maximum Gasteiger partial charge on any atom is 0.320 e. The number of carbonyl (C=O) groups is 2. The first kappa shape index (κ1) is 15.7. The van der Waals surface area contributed by atoms with Gasteiger partial charge in [-0.25, -0.2) is 0 Å². The van der Waals surface area contributed by atoms with Crippen LogP contribution in [0, 0.1) is 5.92 Å². The van der Waals surface area contributed by atoms with Crippen LogP contribution in [0.5, 0.6) is 0 Å². The number of rotatable bonds is 6. The van der Waals surface area contributed by atoms with E-state index < -0.39 is 12.0 Å². The summed E-state index contributed by atoms with van der Waals surface area (Å²) >= 11 is 3.30. The number of carboxylic acids is 1. The minimum Gasteiger partial charge on any atom is -0.480 e. The average Bonchev–Trinajstić information content (AvgIpc) is 2.31. The lowest BCUT2D eigenvalue weighted by Gasteiger charge is -2.17. The molecule has 0 saturated carbocycles. The van der Waals surface area contributed by atoms with E-state index in [1.165, 1.54) is 0 Å². The van der Waals surface area contributed by atoms with Crippen LogP contribution >= 0.6 is 15.9 Å². The molecule has 1 unspecified atom stereocenters. The second-order valence-corrected chi connectivity index (χ2v) is 5.41. The topological polar surface area (TPSA) is 78.4 Å². The van der Waals surface area contributed by atoms with E-state index in [2.05, 4.69) is 26.6 Å². The van der Waals surface area contributed by atoms with Crippen molar-refractivity contribution in [3.63, 3.8) is 0 Å². The molecule has 0 aliphatic rings. The largest absolute Gasteiger partial charge is 0.480 e. The molecule has 0 fully saturated rings. The van der Waals surface area contributed by atoms with Gasteiger partial charge < -0.3 is 10.4 Å². The average molecular weight is 329 g/mol. The zero-order chi connectivity index (χ0) is 14.4. The smallest absolute Gasteiger partial charge is 0.320 e. The van der Waals surface area contributed by atoms with Gasteiger partial charge in [-0.3, -0.25) is 14.9 Å². The van der Waals surface area contributed by atoms with Gasteiger partial charge in [0.2, 0.25) is 5.91 Å². The Morgan fingerprint density at radius 1 is 1.26 bits per heavy atom. The summed E-state index contributed by atoms with van der Waals surface area (Å²) in [6.07, 6.45) is 0. The fraction of sp³-hybridized carbons (Fsp3) is 0.385. The first-order valence-corrected chi connectivity index (χ1v) is 6.71. The summed E-state index contributed by atoms with van der Waals surface area (Å²) in [6, 6.07) is 6.43. The van der Waals surface area contributed by atoms with E-state index in [0.717, 1.165) is 4.47 Å². The second-order valence-electron chi connectivity index (χ2n) is 4.50. The number of benzene rings is 1. The monoisotopic (exact) mass is 328 g/mol. The summed E-state index contributed by atoms with van der Waals surface area (Å²) in [5.41, 5.74) is 0.673. The molecule has 19 heavy (non-hydrogen) atoms. The Labute approximate surface area is 120 Å². The lowest BCUT2D eigenvalue weighted by molar-refractivity contribution is -0.140. The number of carbonyl (C=O) groups excluding carboxylic acids is 1. The van der Waals surface area contributed by atoms with Crippen LogP contribution < -0.4 is 10.6 Å². The minimum absolute atomic E-state index is 0.0365. The third kappa shape index (κ3) is 5.40. The molecular formula is C13H17BrN2O3. The Hall–Kier alpha value is -1.40. The third-order valence-corrected chi connectivity index (χ3v) is 3.07. The predicted octanol–water partition coefficient (Wildman–Crippen LogP) is 2.09. The highest BCUT2D eigenvalue weighted by atomic mass is 79.9. The molecule has 0 bridgehead atoms. The summed E-state index contributed by atoms with van der Waals surface area (Å²) in [4.78, 5) is 22.6. The fourth-order valence-electron chi connectivity index (χ4n) is 1.55. The minimum atomic E-state index is -0.952. The highest BCUT2D eigenvalue weighted by Crippen LogP contribution is 2.13. The molecule has 0 heterocycles. The van der Waals surface area contributed by atoms with E-state index in [0.29, 0.717) is 5.69 Å². The number of carboxylic acid groups (broad SMARTS) is 1. The molecule has 0 spiro atoms. The highest BCUT2D eigenvalue weighted by Gasteiger charge is 2.21. The molecule has 1 aromatic carbocycles. The summed E-state index contributed by atoms with van der Waals surface area (Å²) in [5.74, 6) is -1.31. The molecule has 0 aliphatic carbocycles. The molecular weight excluding hydrogens is 312 g/mol. The molecule has 0 saturated heterocycles. The van der Waals surface area contributed by atoms with Crippen LogP contribution in [0.2, 0.25) is 0 Å². The fourth-order valence-corrected chi connectivity index (χ4v) is 1.81. The van der Waals surface area contributed by atoms with Gasteiger partial charge >= 0.3 is 5.97 Å². The SMILES string of the molecule is CC(C)C(NCC(=O)Nc1ccc(Br)cc1)C(=O)O. The van der Waals surface area contributed by atoms with Crippen LogP contribution in [-0.4, -0.2) is 29.6 Å². The molecule has 1 amide bonds. The number of anilines is 1. The molecule has 1 rings (SSSR count). The van der Waals surface area contributed by atoms with Crippen LogP contribution in [0.15, 0.2) is 28.7 Å². The Morgan fingerprint density at radius 3 is 2.32 bits per heavy atom. The normalized spacial score (nSPS) is 12.2. The number of aliphatic carboxylic acids is 1. The number of amides is 1. The molecule has 0 aromatic heterocycles. The first-order chi connectivity index (χ1) is 8.90. The molecule has 1 atom stereocenters. The van der Waals surface area contributed by atoms with Gasteiger partial charge in [0.15, 0.2) is 0 Å². The third-order valence-electron chi connectivity index (χ3n) is 2.54. The summed E-state index contributed by atoms with van der Waals surface area (Å²) in [5, 5.41) is 14.4. The zero-order valence-electron chi connectivity index (χ0n) is 10.8. The van der Waals surface area contributed by atoms with Crippen molar-refractivity contribution in [2.45, 2.75) is 19.9 Å². The standard InChI is InChI=1S/C13H17BrN2O3/c1-8(2)12(13(18)19)15-7-11(17)16-10-5-3-9(14)4-6-10/h3-6,8,12,15H,7H2,1-2H3,(H,16,17)(H,18,19). The van der Waals surface area contributed by atoms with Crippen molar-refractivity contribution < 1.29 is 14.7 Å². The van der Waals surface area contributed by atoms with Crippen molar-refractivity contribution in [3.05, 3.63) is 28.7 Å². The maximum absolute atomic E-state index is 11.7. The maximum atomic E-state index is 11.7. The zero-order valence-corrected chi connectivity index (χ0v) is 12.4.